The highest BCUT2D eigenvalue weighted by Gasteiger charge is 2.11. The van der Waals surface area contributed by atoms with Crippen LogP contribution in [0.3, 0.4) is 0 Å². The molecule has 0 amide bonds. The van der Waals surface area contributed by atoms with Crippen molar-refractivity contribution in [2.24, 2.45) is 0 Å². The van der Waals surface area contributed by atoms with Gasteiger partial charge in [0.1, 0.15) is 6.33 Å². The van der Waals surface area contributed by atoms with Crippen LogP contribution in [0, 0.1) is 20.8 Å². The molecule has 0 spiro atoms. The van der Waals surface area contributed by atoms with Crippen molar-refractivity contribution < 1.29 is 0 Å². The van der Waals surface area contributed by atoms with Crippen LogP contribution in [0.15, 0.2) is 30.7 Å². The number of hydrogen-bond donors (Lipinski definition) is 0. The van der Waals surface area contributed by atoms with Crippen molar-refractivity contribution in [1.82, 2.24) is 19.6 Å². The van der Waals surface area contributed by atoms with Gasteiger partial charge in [-0.1, -0.05) is 23.8 Å². The summed E-state index contributed by atoms with van der Waals surface area (Å²) < 4.78 is 1.80. The van der Waals surface area contributed by atoms with Crippen LogP contribution in [0.5, 0.6) is 0 Å². The van der Waals surface area contributed by atoms with Gasteiger partial charge in [-0.15, -0.1) is 0 Å². The van der Waals surface area contributed by atoms with E-state index >= 15 is 0 Å². The number of nitrogens with zero attached hydrogens (tertiary/aromatic N) is 4. The molecule has 2 heterocycles. The molecule has 0 aliphatic heterocycles. The first-order chi connectivity index (χ1) is 8.66. The summed E-state index contributed by atoms with van der Waals surface area (Å²) in [6, 6.07) is 6.43. The average Bonchev–Trinajstić information content (AvgIpc) is 2.79. The first-order valence-corrected chi connectivity index (χ1v) is 5.90. The van der Waals surface area contributed by atoms with Crippen LogP contribution in [0.1, 0.15) is 16.7 Å². The Morgan fingerprint density at radius 1 is 1.00 bits per heavy atom. The van der Waals surface area contributed by atoms with Crippen molar-refractivity contribution in [2.75, 3.05) is 0 Å². The van der Waals surface area contributed by atoms with Gasteiger partial charge in [0.25, 0.3) is 5.78 Å². The molecule has 90 valence electrons. The van der Waals surface area contributed by atoms with Gasteiger partial charge in [0.05, 0.1) is 5.69 Å². The molecule has 0 saturated carbocycles. The lowest BCUT2D eigenvalue weighted by molar-refractivity contribution is 0.935. The Bertz CT molecular complexity index is 728. The predicted octanol–water partition coefficient (Wildman–Crippen LogP) is 2.72. The lowest BCUT2D eigenvalue weighted by Crippen LogP contribution is -2.00. The number of fused-ring (bicyclic) bond motifs is 1. The van der Waals surface area contributed by atoms with Crippen molar-refractivity contribution in [3.63, 3.8) is 0 Å². The summed E-state index contributed by atoms with van der Waals surface area (Å²) in [4.78, 5) is 8.40. The van der Waals surface area contributed by atoms with E-state index in [0.717, 1.165) is 11.3 Å². The van der Waals surface area contributed by atoms with E-state index in [9.17, 15) is 0 Å². The lowest BCUT2D eigenvalue weighted by atomic mass is 10.0. The fourth-order valence-corrected chi connectivity index (χ4v) is 2.27. The van der Waals surface area contributed by atoms with E-state index in [1.165, 1.54) is 23.0 Å². The molecule has 1 aromatic carbocycles. The standard InChI is InChI=1S/C14H14N4/c1-9-4-5-12(10(2)6-9)13-11(3)7-15-14-16-8-17-18(13)14/h4-8H,1-3H3. The lowest BCUT2D eigenvalue weighted by Gasteiger charge is -2.11. The van der Waals surface area contributed by atoms with Crippen molar-refractivity contribution in [3.8, 4) is 11.3 Å². The van der Waals surface area contributed by atoms with E-state index in [0.29, 0.717) is 5.78 Å². The predicted molar refractivity (Wildman–Crippen MR) is 70.4 cm³/mol. The highest BCUT2D eigenvalue weighted by Crippen LogP contribution is 2.26. The average molecular weight is 238 g/mol. The van der Waals surface area contributed by atoms with E-state index in [2.05, 4.69) is 47.1 Å². The topological polar surface area (TPSA) is 43.1 Å². The summed E-state index contributed by atoms with van der Waals surface area (Å²) in [7, 11) is 0. The molecule has 18 heavy (non-hydrogen) atoms. The smallest absolute Gasteiger partial charge is 0.219 e. The Hall–Kier alpha value is -2.23. The molecule has 0 bridgehead atoms. The molecule has 2 aromatic heterocycles. The van der Waals surface area contributed by atoms with Crippen LogP contribution in [0.4, 0.5) is 0 Å². The van der Waals surface area contributed by atoms with E-state index < -0.39 is 0 Å². The van der Waals surface area contributed by atoms with Gasteiger partial charge in [0.15, 0.2) is 0 Å². The molecule has 3 aromatic rings. The van der Waals surface area contributed by atoms with Crippen molar-refractivity contribution >= 4 is 5.78 Å². The highest BCUT2D eigenvalue weighted by molar-refractivity contribution is 5.68. The molecule has 0 unspecified atom stereocenters. The second kappa shape index (κ2) is 3.91. The Labute approximate surface area is 105 Å². The molecule has 0 fully saturated rings. The Morgan fingerprint density at radius 3 is 2.61 bits per heavy atom. The van der Waals surface area contributed by atoms with Crippen molar-refractivity contribution in [2.45, 2.75) is 20.8 Å². The third kappa shape index (κ3) is 1.57. The molecule has 0 N–H and O–H groups in total. The maximum atomic E-state index is 4.26. The summed E-state index contributed by atoms with van der Waals surface area (Å²) in [5.41, 5.74) is 5.84. The summed E-state index contributed by atoms with van der Waals surface area (Å²) in [5.74, 6) is 0.635. The third-order valence-electron chi connectivity index (χ3n) is 3.13. The fraction of sp³-hybridized carbons (Fsp3) is 0.214. The van der Waals surface area contributed by atoms with E-state index in [-0.39, 0.29) is 0 Å². The summed E-state index contributed by atoms with van der Waals surface area (Å²) in [5, 5.41) is 4.26. The van der Waals surface area contributed by atoms with Gasteiger partial charge in [-0.25, -0.2) is 4.98 Å². The first-order valence-electron chi connectivity index (χ1n) is 5.90. The fourth-order valence-electron chi connectivity index (χ4n) is 2.27. The van der Waals surface area contributed by atoms with Crippen molar-refractivity contribution in [3.05, 3.63) is 47.4 Å². The number of aromatic nitrogens is 4. The van der Waals surface area contributed by atoms with Crippen LogP contribution in [-0.4, -0.2) is 19.6 Å². The maximum Gasteiger partial charge on any atom is 0.252 e. The Morgan fingerprint density at radius 2 is 1.83 bits per heavy atom. The van der Waals surface area contributed by atoms with Gasteiger partial charge in [0, 0.05) is 11.8 Å². The molecule has 4 nitrogen and oxygen atoms in total. The molecule has 0 atom stereocenters. The minimum atomic E-state index is 0.635. The molecule has 0 aliphatic rings. The van der Waals surface area contributed by atoms with Crippen LogP contribution in [-0.2, 0) is 0 Å². The number of rotatable bonds is 1. The largest absolute Gasteiger partial charge is 0.252 e. The van der Waals surface area contributed by atoms with Gasteiger partial charge < -0.3 is 0 Å². The first kappa shape index (κ1) is 10.9. The Balaban J connectivity index is 2.36. The zero-order chi connectivity index (χ0) is 12.7. The van der Waals surface area contributed by atoms with E-state index in [4.69, 9.17) is 0 Å². The van der Waals surface area contributed by atoms with E-state index in [1.54, 1.807) is 4.52 Å². The summed E-state index contributed by atoms with van der Waals surface area (Å²) in [6.45, 7) is 6.26. The maximum absolute atomic E-state index is 4.26. The summed E-state index contributed by atoms with van der Waals surface area (Å²) >= 11 is 0. The van der Waals surface area contributed by atoms with Crippen LogP contribution >= 0.6 is 0 Å². The molecule has 4 heteroatoms. The van der Waals surface area contributed by atoms with Crippen LogP contribution < -0.4 is 0 Å². The van der Waals surface area contributed by atoms with Crippen LogP contribution in [0.25, 0.3) is 17.0 Å². The van der Waals surface area contributed by atoms with Gasteiger partial charge in [-0.2, -0.15) is 14.6 Å². The monoisotopic (exact) mass is 238 g/mol. The zero-order valence-corrected chi connectivity index (χ0v) is 10.7. The third-order valence-corrected chi connectivity index (χ3v) is 3.13. The van der Waals surface area contributed by atoms with Gasteiger partial charge in [-0.05, 0) is 31.9 Å². The minimum Gasteiger partial charge on any atom is -0.219 e. The normalized spacial score (nSPS) is 11.1. The SMILES string of the molecule is Cc1ccc(-c2c(C)cnc3ncnn23)c(C)c1. The van der Waals surface area contributed by atoms with E-state index in [1.807, 2.05) is 13.1 Å². The minimum absolute atomic E-state index is 0.635. The molecular formula is C14H14N4. The van der Waals surface area contributed by atoms with Crippen LogP contribution in [0.2, 0.25) is 0 Å². The number of benzene rings is 1. The number of hydrogen-bond acceptors (Lipinski definition) is 3. The van der Waals surface area contributed by atoms with Gasteiger partial charge in [0.2, 0.25) is 0 Å². The van der Waals surface area contributed by atoms with Crippen molar-refractivity contribution in [1.29, 1.82) is 0 Å². The van der Waals surface area contributed by atoms with Gasteiger partial charge >= 0.3 is 0 Å². The quantitative estimate of drug-likeness (QED) is 0.654. The Kier molecular flexibility index (Phi) is 2.37. The summed E-state index contributed by atoms with van der Waals surface area (Å²) in [6.07, 6.45) is 3.38. The molecule has 0 saturated heterocycles. The van der Waals surface area contributed by atoms with Gasteiger partial charge in [-0.3, -0.25) is 0 Å². The highest BCUT2D eigenvalue weighted by atomic mass is 15.3. The second-order valence-electron chi connectivity index (χ2n) is 4.58. The molecule has 0 radical (unpaired) electrons. The number of aryl methyl sites for hydroxylation is 3. The zero-order valence-electron chi connectivity index (χ0n) is 10.7. The molecule has 3 rings (SSSR count). The second-order valence-corrected chi connectivity index (χ2v) is 4.58. The molecule has 0 aliphatic carbocycles. The molecular weight excluding hydrogens is 224 g/mol.